The van der Waals surface area contributed by atoms with Crippen molar-refractivity contribution in [1.29, 1.82) is 0 Å². The van der Waals surface area contributed by atoms with E-state index in [0.29, 0.717) is 12.4 Å². The number of hydrogen-bond acceptors (Lipinski definition) is 3. The van der Waals surface area contributed by atoms with Gasteiger partial charge in [-0.05, 0) is 30.7 Å². The first-order valence-corrected chi connectivity index (χ1v) is 6.51. The summed E-state index contributed by atoms with van der Waals surface area (Å²) in [5.74, 6) is 0.317. The Hall–Kier alpha value is -2.14. The zero-order valence-electron chi connectivity index (χ0n) is 11.8. The van der Waals surface area contributed by atoms with Crippen LogP contribution in [0.1, 0.15) is 5.56 Å². The van der Waals surface area contributed by atoms with Gasteiger partial charge in [-0.3, -0.25) is 10.1 Å². The molecule has 5 heteroatoms. The molecule has 0 aromatic heterocycles. The third-order valence-electron chi connectivity index (χ3n) is 2.89. The monoisotopic (exact) mass is 277 g/mol. The van der Waals surface area contributed by atoms with E-state index in [1.165, 1.54) is 11.0 Å². The fraction of sp³-hybridized carbons (Fsp3) is 0.333. The highest BCUT2D eigenvalue weighted by atomic mass is 16.6. The summed E-state index contributed by atoms with van der Waals surface area (Å²) in [6, 6.07) is 4.97. The second kappa shape index (κ2) is 8.12. The van der Waals surface area contributed by atoms with Gasteiger partial charge in [0, 0.05) is 6.07 Å². The molecule has 1 N–H and O–H groups in total. The van der Waals surface area contributed by atoms with Crippen LogP contribution in [0.2, 0.25) is 0 Å². The zero-order chi connectivity index (χ0) is 15.0. The van der Waals surface area contributed by atoms with Gasteiger partial charge in [0.1, 0.15) is 13.2 Å². The standard InChI is InChI=1S/C15H20N2O3/c1-4-8-16(9-5-2)10-11-20-15-7-6-13(3)12-14(15)17(18)19/h4-7,12H,1-2,8-11H2,3H3/p+1. The van der Waals surface area contributed by atoms with E-state index in [2.05, 4.69) is 13.2 Å². The van der Waals surface area contributed by atoms with E-state index in [1.54, 1.807) is 12.1 Å². The third-order valence-corrected chi connectivity index (χ3v) is 2.89. The zero-order valence-corrected chi connectivity index (χ0v) is 11.8. The lowest BCUT2D eigenvalue weighted by Crippen LogP contribution is -3.12. The molecule has 0 aliphatic carbocycles. The van der Waals surface area contributed by atoms with E-state index in [-0.39, 0.29) is 5.69 Å². The molecular formula is C15H21N2O3+. The van der Waals surface area contributed by atoms with Crippen LogP contribution in [0.5, 0.6) is 5.75 Å². The summed E-state index contributed by atoms with van der Waals surface area (Å²) < 4.78 is 5.55. The first kappa shape index (κ1) is 15.9. The summed E-state index contributed by atoms with van der Waals surface area (Å²) in [5, 5.41) is 11.0. The molecule has 5 nitrogen and oxygen atoms in total. The predicted molar refractivity (Wildman–Crippen MR) is 79.3 cm³/mol. The quantitative estimate of drug-likeness (QED) is 0.423. The van der Waals surface area contributed by atoms with E-state index >= 15 is 0 Å². The number of aryl methyl sites for hydroxylation is 1. The Morgan fingerprint density at radius 2 is 2.00 bits per heavy atom. The highest BCUT2D eigenvalue weighted by Crippen LogP contribution is 2.27. The topological polar surface area (TPSA) is 56.8 Å². The number of hydrogen-bond donors (Lipinski definition) is 1. The van der Waals surface area contributed by atoms with Gasteiger partial charge in [0.2, 0.25) is 0 Å². The average molecular weight is 277 g/mol. The largest absolute Gasteiger partial charge is 0.481 e. The molecule has 108 valence electrons. The van der Waals surface area contributed by atoms with Crippen LogP contribution in [-0.2, 0) is 0 Å². The minimum absolute atomic E-state index is 0.0130. The second-order valence-electron chi connectivity index (χ2n) is 4.56. The van der Waals surface area contributed by atoms with Crippen LogP contribution in [0.3, 0.4) is 0 Å². The number of nitrogens with zero attached hydrogens (tertiary/aromatic N) is 1. The van der Waals surface area contributed by atoms with Crippen LogP contribution < -0.4 is 9.64 Å². The summed E-state index contributed by atoms with van der Waals surface area (Å²) in [7, 11) is 0. The van der Waals surface area contributed by atoms with Crippen LogP contribution >= 0.6 is 0 Å². The van der Waals surface area contributed by atoms with Gasteiger partial charge < -0.3 is 9.64 Å². The van der Waals surface area contributed by atoms with E-state index in [9.17, 15) is 10.1 Å². The molecule has 0 spiro atoms. The Balaban J connectivity index is 2.63. The van der Waals surface area contributed by atoms with Crippen LogP contribution in [-0.4, -0.2) is 31.2 Å². The van der Waals surface area contributed by atoms with Crippen LogP contribution in [0.4, 0.5) is 5.69 Å². The fourth-order valence-electron chi connectivity index (χ4n) is 1.89. The average Bonchev–Trinajstić information content (AvgIpc) is 2.40. The molecule has 0 aliphatic heterocycles. The Labute approximate surface area is 119 Å². The van der Waals surface area contributed by atoms with Crippen molar-refractivity contribution in [3.05, 3.63) is 59.2 Å². The molecule has 0 fully saturated rings. The van der Waals surface area contributed by atoms with Gasteiger partial charge in [-0.2, -0.15) is 0 Å². The van der Waals surface area contributed by atoms with Gasteiger partial charge in [0.15, 0.2) is 5.75 Å². The smallest absolute Gasteiger partial charge is 0.311 e. The minimum atomic E-state index is -0.416. The van der Waals surface area contributed by atoms with Gasteiger partial charge in [0.05, 0.1) is 18.0 Å². The molecule has 1 aromatic carbocycles. The second-order valence-corrected chi connectivity index (χ2v) is 4.56. The van der Waals surface area contributed by atoms with Crippen molar-refractivity contribution in [3.63, 3.8) is 0 Å². The number of quaternary nitrogens is 1. The van der Waals surface area contributed by atoms with E-state index in [0.717, 1.165) is 25.2 Å². The van der Waals surface area contributed by atoms with Gasteiger partial charge in [-0.15, -0.1) is 0 Å². The Bertz CT molecular complexity index is 476. The molecule has 0 radical (unpaired) electrons. The van der Waals surface area contributed by atoms with Crippen LogP contribution in [0.15, 0.2) is 43.5 Å². The molecule has 0 bridgehead atoms. The highest BCUT2D eigenvalue weighted by Gasteiger charge is 2.15. The van der Waals surface area contributed by atoms with Gasteiger partial charge >= 0.3 is 5.69 Å². The first-order chi connectivity index (χ1) is 9.58. The van der Waals surface area contributed by atoms with Gasteiger partial charge in [0.25, 0.3) is 0 Å². The third kappa shape index (κ3) is 4.85. The van der Waals surface area contributed by atoms with Crippen LogP contribution in [0.25, 0.3) is 0 Å². The molecular weight excluding hydrogens is 256 g/mol. The van der Waals surface area contributed by atoms with E-state index < -0.39 is 4.92 Å². The van der Waals surface area contributed by atoms with E-state index in [1.807, 2.05) is 19.1 Å². The number of ether oxygens (including phenoxy) is 1. The van der Waals surface area contributed by atoms with Crippen molar-refractivity contribution >= 4 is 5.69 Å². The first-order valence-electron chi connectivity index (χ1n) is 6.51. The maximum Gasteiger partial charge on any atom is 0.311 e. The van der Waals surface area contributed by atoms with Crippen molar-refractivity contribution in [2.75, 3.05) is 26.2 Å². The summed E-state index contributed by atoms with van der Waals surface area (Å²) in [4.78, 5) is 11.8. The van der Waals surface area contributed by atoms with Crippen LogP contribution in [0, 0.1) is 17.0 Å². The summed E-state index contributed by atoms with van der Waals surface area (Å²) in [6.07, 6.45) is 3.68. The maximum absolute atomic E-state index is 11.0. The summed E-state index contributed by atoms with van der Waals surface area (Å²) in [6.45, 7) is 12.0. The molecule has 1 rings (SSSR count). The minimum Gasteiger partial charge on any atom is -0.481 e. The summed E-state index contributed by atoms with van der Waals surface area (Å²) in [5.41, 5.74) is 0.855. The fourth-order valence-corrected chi connectivity index (χ4v) is 1.89. The SMILES string of the molecule is C=CC[NH+](CC=C)CCOc1ccc(C)cc1[N+](=O)[O-]. The Morgan fingerprint density at radius 1 is 1.35 bits per heavy atom. The Kier molecular flexibility index (Phi) is 6.46. The molecule has 20 heavy (non-hydrogen) atoms. The van der Waals surface area contributed by atoms with Crippen molar-refractivity contribution in [2.45, 2.75) is 6.92 Å². The maximum atomic E-state index is 11.0. The predicted octanol–water partition coefficient (Wildman–Crippen LogP) is 1.54. The summed E-state index contributed by atoms with van der Waals surface area (Å²) >= 11 is 0. The number of nitro groups is 1. The molecule has 1 aromatic rings. The van der Waals surface area contributed by atoms with Gasteiger partial charge in [-0.25, -0.2) is 0 Å². The molecule has 0 atom stereocenters. The number of nitro benzene ring substituents is 1. The van der Waals surface area contributed by atoms with Crippen molar-refractivity contribution < 1.29 is 14.6 Å². The highest BCUT2D eigenvalue weighted by molar-refractivity contribution is 5.48. The normalized spacial score (nSPS) is 10.3. The molecule has 0 saturated carbocycles. The Morgan fingerprint density at radius 3 is 2.55 bits per heavy atom. The van der Waals surface area contributed by atoms with Crippen molar-refractivity contribution in [2.24, 2.45) is 0 Å². The molecule has 0 amide bonds. The van der Waals surface area contributed by atoms with Gasteiger partial charge in [-0.1, -0.05) is 19.2 Å². The van der Waals surface area contributed by atoms with Crippen molar-refractivity contribution in [1.82, 2.24) is 0 Å². The number of rotatable bonds is 9. The molecule has 0 aliphatic rings. The van der Waals surface area contributed by atoms with E-state index in [4.69, 9.17) is 4.74 Å². The number of benzene rings is 1. The lowest BCUT2D eigenvalue weighted by Gasteiger charge is -2.16. The lowest BCUT2D eigenvalue weighted by molar-refractivity contribution is -0.888. The molecule has 0 heterocycles. The number of nitrogens with one attached hydrogen (secondary N) is 1. The lowest BCUT2D eigenvalue weighted by atomic mass is 10.2. The molecule has 0 saturated heterocycles. The van der Waals surface area contributed by atoms with Crippen molar-refractivity contribution in [3.8, 4) is 5.75 Å². The molecule has 0 unspecified atom stereocenters.